The Morgan fingerprint density at radius 1 is 1.12 bits per heavy atom. The lowest BCUT2D eigenvalue weighted by atomic mass is 10.1. The molecule has 0 N–H and O–H groups in total. The van der Waals surface area contributed by atoms with Gasteiger partial charge >= 0.3 is 0 Å². The molecule has 2 aromatic heterocycles. The number of imidazole rings is 1. The van der Waals surface area contributed by atoms with Gasteiger partial charge < -0.3 is 4.74 Å². The van der Waals surface area contributed by atoms with Crippen LogP contribution in [0, 0.1) is 19.7 Å². The molecule has 0 aliphatic heterocycles. The van der Waals surface area contributed by atoms with Crippen LogP contribution in [0.2, 0.25) is 0 Å². The number of ether oxygens (including phenoxy) is 1. The molecular formula is C25H18BrFN2O2S. The number of benzene rings is 3. The molecule has 5 rings (SSSR count). The predicted octanol–water partition coefficient (Wildman–Crippen LogP) is 5.55. The van der Waals surface area contributed by atoms with Crippen molar-refractivity contribution in [1.29, 1.82) is 0 Å². The van der Waals surface area contributed by atoms with Crippen LogP contribution >= 0.6 is 27.3 Å². The van der Waals surface area contributed by atoms with Gasteiger partial charge in [0.2, 0.25) is 0 Å². The highest BCUT2D eigenvalue weighted by atomic mass is 79.9. The Bertz CT molecular complexity index is 1610. The van der Waals surface area contributed by atoms with Crippen LogP contribution in [-0.2, 0) is 6.61 Å². The largest absolute Gasteiger partial charge is 0.488 e. The molecule has 3 aromatic carbocycles. The zero-order valence-corrected chi connectivity index (χ0v) is 19.8. The van der Waals surface area contributed by atoms with Crippen LogP contribution in [0.1, 0.15) is 22.3 Å². The normalized spacial score (nSPS) is 12.2. The summed E-state index contributed by atoms with van der Waals surface area (Å²) in [6, 6.07) is 16.1. The molecule has 0 aliphatic carbocycles. The topological polar surface area (TPSA) is 43.6 Å². The summed E-state index contributed by atoms with van der Waals surface area (Å²) in [5.41, 5.74) is 4.98. The van der Waals surface area contributed by atoms with Gasteiger partial charge in [0, 0.05) is 15.6 Å². The maximum absolute atomic E-state index is 14.0. The zero-order valence-electron chi connectivity index (χ0n) is 17.4. The molecule has 32 heavy (non-hydrogen) atoms. The van der Waals surface area contributed by atoms with E-state index in [0.717, 1.165) is 32.2 Å². The lowest BCUT2D eigenvalue weighted by Gasteiger charge is -2.10. The minimum absolute atomic E-state index is 0.0937. The maximum Gasteiger partial charge on any atom is 0.274 e. The van der Waals surface area contributed by atoms with E-state index in [1.54, 1.807) is 28.7 Å². The number of rotatable bonds is 4. The molecule has 0 radical (unpaired) electrons. The highest BCUT2D eigenvalue weighted by molar-refractivity contribution is 9.10. The van der Waals surface area contributed by atoms with Gasteiger partial charge in [-0.15, -0.1) is 0 Å². The zero-order chi connectivity index (χ0) is 22.4. The van der Waals surface area contributed by atoms with Gasteiger partial charge in [0.05, 0.1) is 15.6 Å². The highest BCUT2D eigenvalue weighted by Crippen LogP contribution is 2.26. The predicted molar refractivity (Wildman–Crippen MR) is 130 cm³/mol. The molecule has 0 amide bonds. The third kappa shape index (κ3) is 3.72. The second-order valence-corrected chi connectivity index (χ2v) is 9.56. The van der Waals surface area contributed by atoms with Crippen LogP contribution in [0.15, 0.2) is 63.9 Å². The third-order valence-corrected chi connectivity index (χ3v) is 6.92. The van der Waals surface area contributed by atoms with E-state index in [0.29, 0.717) is 20.8 Å². The van der Waals surface area contributed by atoms with Crippen molar-refractivity contribution in [3.05, 3.63) is 102 Å². The first kappa shape index (κ1) is 20.8. The van der Waals surface area contributed by atoms with E-state index in [1.807, 2.05) is 44.2 Å². The number of thiazole rings is 1. The lowest BCUT2D eigenvalue weighted by Crippen LogP contribution is -2.22. The molecule has 0 atom stereocenters. The van der Waals surface area contributed by atoms with Crippen molar-refractivity contribution >= 4 is 49.3 Å². The number of hydrogen-bond donors (Lipinski definition) is 0. The smallest absolute Gasteiger partial charge is 0.274 e. The summed E-state index contributed by atoms with van der Waals surface area (Å²) in [6.45, 7) is 4.16. The van der Waals surface area contributed by atoms with Gasteiger partial charge in [-0.1, -0.05) is 45.5 Å². The van der Waals surface area contributed by atoms with Crippen LogP contribution in [0.4, 0.5) is 4.39 Å². The van der Waals surface area contributed by atoms with E-state index in [2.05, 4.69) is 20.9 Å². The summed E-state index contributed by atoms with van der Waals surface area (Å²) < 4.78 is 23.0. The van der Waals surface area contributed by atoms with E-state index >= 15 is 0 Å². The maximum atomic E-state index is 14.0. The van der Waals surface area contributed by atoms with Gasteiger partial charge in [0.25, 0.3) is 5.56 Å². The molecule has 5 aromatic rings. The van der Waals surface area contributed by atoms with Crippen molar-refractivity contribution in [3.8, 4) is 5.75 Å². The molecule has 0 spiro atoms. The number of fused-ring (bicyclic) bond motifs is 3. The van der Waals surface area contributed by atoms with Crippen LogP contribution < -0.4 is 14.8 Å². The first-order valence-corrected chi connectivity index (χ1v) is 11.6. The minimum Gasteiger partial charge on any atom is -0.488 e. The van der Waals surface area contributed by atoms with Crippen molar-refractivity contribution in [2.24, 2.45) is 0 Å². The molecule has 0 saturated heterocycles. The van der Waals surface area contributed by atoms with Crippen molar-refractivity contribution in [1.82, 2.24) is 9.38 Å². The van der Waals surface area contributed by atoms with Crippen LogP contribution in [-0.4, -0.2) is 9.38 Å². The van der Waals surface area contributed by atoms with Gasteiger partial charge in [-0.3, -0.25) is 4.79 Å². The molecule has 4 nitrogen and oxygen atoms in total. The summed E-state index contributed by atoms with van der Waals surface area (Å²) >= 11 is 4.82. The number of aryl methyl sites for hydroxylation is 2. The SMILES string of the molecule is Cc1cc2nc3s/c(=C\c4cc(Br)ccc4OCc4ccccc4F)c(=O)n3c2cc1C. The Hall–Kier alpha value is -3.03. The van der Waals surface area contributed by atoms with E-state index in [9.17, 15) is 9.18 Å². The van der Waals surface area contributed by atoms with Crippen LogP contribution in [0.3, 0.4) is 0 Å². The Morgan fingerprint density at radius 2 is 1.91 bits per heavy atom. The quantitative estimate of drug-likeness (QED) is 0.319. The number of aromatic nitrogens is 2. The van der Waals surface area contributed by atoms with E-state index < -0.39 is 0 Å². The van der Waals surface area contributed by atoms with Crippen LogP contribution in [0.5, 0.6) is 5.75 Å². The summed E-state index contributed by atoms with van der Waals surface area (Å²) in [4.78, 5) is 18.5. The first-order chi connectivity index (χ1) is 15.4. The fraction of sp³-hybridized carbons (Fsp3) is 0.120. The number of nitrogens with zero attached hydrogens (tertiary/aromatic N) is 2. The standard InChI is InChI=1S/C25H18BrFN2O2S/c1-14-9-20-21(10-15(14)2)29-24(30)23(32-25(29)28-20)12-17-11-18(26)7-8-22(17)31-13-16-5-3-4-6-19(16)27/h3-12H,13H2,1-2H3/b23-12-. The molecule has 160 valence electrons. The van der Waals surface area contributed by atoms with E-state index in [1.165, 1.54) is 17.4 Å². The van der Waals surface area contributed by atoms with Crippen molar-refractivity contribution < 1.29 is 9.13 Å². The van der Waals surface area contributed by atoms with Gasteiger partial charge in [-0.25, -0.2) is 13.8 Å². The molecule has 0 aliphatic rings. The van der Waals surface area contributed by atoms with E-state index in [-0.39, 0.29) is 18.0 Å². The van der Waals surface area contributed by atoms with Crippen molar-refractivity contribution in [3.63, 3.8) is 0 Å². The summed E-state index contributed by atoms with van der Waals surface area (Å²) in [6.07, 6.45) is 1.80. The second-order valence-electron chi connectivity index (χ2n) is 7.63. The molecule has 0 bridgehead atoms. The molecule has 0 fully saturated rings. The molecule has 2 heterocycles. The Kier molecular flexibility index (Phi) is 5.31. The summed E-state index contributed by atoms with van der Waals surface area (Å²) in [7, 11) is 0. The average molecular weight is 509 g/mol. The second kappa shape index (κ2) is 8.15. The molecule has 0 saturated carbocycles. The third-order valence-electron chi connectivity index (χ3n) is 5.45. The van der Waals surface area contributed by atoms with Gasteiger partial charge in [-0.05, 0) is 67.4 Å². The Morgan fingerprint density at radius 3 is 2.72 bits per heavy atom. The fourth-order valence-electron chi connectivity index (χ4n) is 3.59. The summed E-state index contributed by atoms with van der Waals surface area (Å²) in [5.74, 6) is 0.257. The van der Waals surface area contributed by atoms with Crippen molar-refractivity contribution in [2.45, 2.75) is 20.5 Å². The van der Waals surface area contributed by atoms with E-state index in [4.69, 9.17) is 4.74 Å². The lowest BCUT2D eigenvalue weighted by molar-refractivity contribution is 0.299. The Balaban J connectivity index is 1.59. The van der Waals surface area contributed by atoms with Gasteiger partial charge in [0.15, 0.2) is 4.96 Å². The fourth-order valence-corrected chi connectivity index (χ4v) is 4.95. The van der Waals surface area contributed by atoms with Gasteiger partial charge in [-0.2, -0.15) is 0 Å². The van der Waals surface area contributed by atoms with Crippen molar-refractivity contribution in [2.75, 3.05) is 0 Å². The monoisotopic (exact) mass is 508 g/mol. The molecule has 7 heteroatoms. The number of halogens is 2. The minimum atomic E-state index is -0.311. The summed E-state index contributed by atoms with van der Waals surface area (Å²) in [5, 5.41) is 0. The van der Waals surface area contributed by atoms with Gasteiger partial charge in [0.1, 0.15) is 18.2 Å². The molecular weight excluding hydrogens is 491 g/mol. The highest BCUT2D eigenvalue weighted by Gasteiger charge is 2.13. The molecule has 0 unspecified atom stereocenters. The first-order valence-electron chi connectivity index (χ1n) is 10.0. The number of hydrogen-bond acceptors (Lipinski definition) is 4. The Labute approximate surface area is 195 Å². The average Bonchev–Trinajstić information content (AvgIpc) is 3.25. The van der Waals surface area contributed by atoms with Crippen LogP contribution in [0.25, 0.3) is 22.1 Å².